The van der Waals surface area contributed by atoms with E-state index in [1.165, 1.54) is 5.56 Å². The van der Waals surface area contributed by atoms with E-state index >= 15 is 0 Å². The Hall–Kier alpha value is -2.02. The minimum atomic E-state index is -0.246. The van der Waals surface area contributed by atoms with E-state index < -0.39 is 0 Å². The molecule has 0 saturated heterocycles. The third kappa shape index (κ3) is 5.50. The Morgan fingerprint density at radius 2 is 2.00 bits per heavy atom. The summed E-state index contributed by atoms with van der Waals surface area (Å²) in [5, 5.41) is 0.536. The first kappa shape index (κ1) is 20.7. The molecule has 4 nitrogen and oxygen atoms in total. The molecule has 2 aromatic carbocycles. The van der Waals surface area contributed by atoms with Gasteiger partial charge in [0.15, 0.2) is 5.75 Å². The molecule has 0 unspecified atom stereocenters. The molecule has 3 aromatic rings. The van der Waals surface area contributed by atoms with Crippen molar-refractivity contribution < 1.29 is 4.74 Å². The third-order valence-electron chi connectivity index (χ3n) is 3.83. The highest BCUT2D eigenvalue weighted by Gasteiger charge is 2.14. The van der Waals surface area contributed by atoms with Crippen molar-refractivity contribution in [2.75, 3.05) is 7.05 Å². The van der Waals surface area contributed by atoms with Crippen molar-refractivity contribution in [1.82, 2.24) is 4.98 Å². The lowest BCUT2D eigenvalue weighted by Crippen LogP contribution is -2.09. The molecule has 0 amide bonds. The van der Waals surface area contributed by atoms with Gasteiger partial charge in [0.05, 0.1) is 0 Å². The summed E-state index contributed by atoms with van der Waals surface area (Å²) in [6, 6.07) is 15.6. The van der Waals surface area contributed by atoms with Crippen molar-refractivity contribution in [3.8, 4) is 11.5 Å². The van der Waals surface area contributed by atoms with Crippen molar-refractivity contribution in [3.63, 3.8) is 0 Å². The second kappa shape index (κ2) is 9.96. The molecule has 0 aliphatic heterocycles. The van der Waals surface area contributed by atoms with Crippen molar-refractivity contribution in [2.24, 2.45) is 4.99 Å². The molecule has 144 valence electrons. The zero-order chi connectivity index (χ0) is 19.9. The van der Waals surface area contributed by atoms with Crippen molar-refractivity contribution in [1.29, 1.82) is 0 Å². The smallest absolute Gasteiger partial charge is 0.266 e. The zero-order valence-electron chi connectivity index (χ0n) is 15.1. The fraction of sp³-hybridized carbons (Fsp3) is 0.143. The van der Waals surface area contributed by atoms with E-state index in [-0.39, 0.29) is 5.56 Å². The van der Waals surface area contributed by atoms with Crippen LogP contribution in [0.3, 0.4) is 0 Å². The lowest BCUT2D eigenvalue weighted by Gasteiger charge is -2.13. The fourth-order valence-electron chi connectivity index (χ4n) is 2.58. The van der Waals surface area contributed by atoms with Gasteiger partial charge in [0, 0.05) is 41.6 Å². The Kier molecular flexibility index (Phi) is 7.36. The van der Waals surface area contributed by atoms with E-state index in [4.69, 9.17) is 16.3 Å². The quantitative estimate of drug-likeness (QED) is 0.420. The number of thioether (sulfide) groups is 1. The third-order valence-corrected chi connectivity index (χ3v) is 5.82. The van der Waals surface area contributed by atoms with E-state index in [0.717, 1.165) is 16.9 Å². The van der Waals surface area contributed by atoms with Crippen LogP contribution in [0.1, 0.15) is 16.7 Å². The number of aromatic nitrogens is 1. The van der Waals surface area contributed by atoms with Crippen LogP contribution in [0.15, 0.2) is 69.0 Å². The molecule has 1 heterocycles. The number of rotatable bonds is 7. The van der Waals surface area contributed by atoms with Gasteiger partial charge in [-0.25, -0.2) is 0 Å². The summed E-state index contributed by atoms with van der Waals surface area (Å²) in [6.45, 7) is 0. The summed E-state index contributed by atoms with van der Waals surface area (Å²) in [7, 11) is 1.69. The number of hydrogen-bond donors (Lipinski definition) is 1. The van der Waals surface area contributed by atoms with Gasteiger partial charge in [-0.3, -0.25) is 9.79 Å². The van der Waals surface area contributed by atoms with E-state index in [1.54, 1.807) is 43.4 Å². The van der Waals surface area contributed by atoms with E-state index in [9.17, 15) is 4.79 Å². The molecule has 0 aliphatic carbocycles. The number of aromatic amines is 1. The standard InChI is InChI=1S/C21H18BrClN2O2S/c1-24-10-15-7-17(23)9-18(8-15)27-20-16(11-25-21(26)19(20)22)13-28-12-14-5-3-2-4-6-14/h2-11H,12-13H2,1H3,(H,25,26). The first-order valence-electron chi connectivity index (χ1n) is 8.49. The predicted octanol–water partition coefficient (Wildman–Crippen LogP) is 6.07. The molecule has 0 radical (unpaired) electrons. The molecule has 7 heteroatoms. The Morgan fingerprint density at radius 3 is 2.75 bits per heavy atom. The number of ether oxygens (including phenoxy) is 1. The summed E-state index contributed by atoms with van der Waals surface area (Å²) in [5.41, 5.74) is 2.71. The predicted molar refractivity (Wildman–Crippen MR) is 121 cm³/mol. The Labute approximate surface area is 181 Å². The second-order valence-corrected chi connectivity index (χ2v) is 8.19. The van der Waals surface area contributed by atoms with Crippen LogP contribution >= 0.6 is 39.3 Å². The molecule has 0 atom stereocenters. The second-order valence-electron chi connectivity index (χ2n) is 5.97. The van der Waals surface area contributed by atoms with Crippen molar-refractivity contribution in [2.45, 2.75) is 11.5 Å². The van der Waals surface area contributed by atoms with Crippen molar-refractivity contribution in [3.05, 3.63) is 91.3 Å². The first-order valence-corrected chi connectivity index (χ1v) is 10.8. The average molecular weight is 478 g/mol. The minimum Gasteiger partial charge on any atom is -0.456 e. The van der Waals surface area contributed by atoms with Crippen LogP contribution in [-0.4, -0.2) is 18.2 Å². The molecule has 0 spiro atoms. The van der Waals surface area contributed by atoms with Crippen molar-refractivity contribution >= 4 is 45.5 Å². The van der Waals surface area contributed by atoms with Gasteiger partial charge in [-0.1, -0.05) is 41.9 Å². The number of hydrogen-bond acceptors (Lipinski definition) is 4. The van der Waals surface area contributed by atoms with E-state index in [1.807, 2.05) is 24.3 Å². The Balaban J connectivity index is 1.83. The molecule has 0 saturated carbocycles. The first-order chi connectivity index (χ1) is 13.6. The lowest BCUT2D eigenvalue weighted by molar-refractivity contribution is 0.473. The number of pyridine rings is 1. The summed E-state index contributed by atoms with van der Waals surface area (Å²) in [6.07, 6.45) is 3.39. The molecule has 3 rings (SSSR count). The summed E-state index contributed by atoms with van der Waals surface area (Å²) < 4.78 is 6.42. The van der Waals surface area contributed by atoms with Gasteiger partial charge in [0.1, 0.15) is 10.2 Å². The molecule has 0 fully saturated rings. The van der Waals surface area contributed by atoms with Crippen LogP contribution in [0, 0.1) is 0 Å². The molecule has 0 bridgehead atoms. The topological polar surface area (TPSA) is 54.4 Å². The van der Waals surface area contributed by atoms with Gasteiger partial charge in [-0.15, -0.1) is 0 Å². The van der Waals surface area contributed by atoms with Crippen LogP contribution in [0.5, 0.6) is 11.5 Å². The fourth-order valence-corrected chi connectivity index (χ4v) is 4.23. The van der Waals surface area contributed by atoms with Gasteiger partial charge >= 0.3 is 0 Å². The Bertz CT molecular complexity index is 1040. The zero-order valence-corrected chi connectivity index (χ0v) is 18.3. The number of aliphatic imine (C=N–C) groups is 1. The molecule has 1 N–H and O–H groups in total. The molecular weight excluding hydrogens is 460 g/mol. The largest absolute Gasteiger partial charge is 0.456 e. The van der Waals surface area contributed by atoms with E-state index in [2.05, 4.69) is 38.0 Å². The summed E-state index contributed by atoms with van der Waals surface area (Å²) in [5.74, 6) is 2.59. The van der Waals surface area contributed by atoms with Gasteiger partial charge < -0.3 is 9.72 Å². The minimum absolute atomic E-state index is 0.246. The van der Waals surface area contributed by atoms with Crippen LogP contribution in [-0.2, 0) is 11.5 Å². The monoisotopic (exact) mass is 476 g/mol. The summed E-state index contributed by atoms with van der Waals surface area (Å²) >= 11 is 11.3. The lowest BCUT2D eigenvalue weighted by atomic mass is 10.2. The van der Waals surface area contributed by atoms with Gasteiger partial charge in [0.2, 0.25) is 0 Å². The SMILES string of the molecule is CN=Cc1cc(Cl)cc(Oc2c(CSCc3ccccc3)c[nH]c(=O)c2Br)c1. The van der Waals surface area contributed by atoms with Crippen LogP contribution < -0.4 is 10.3 Å². The number of benzene rings is 2. The maximum atomic E-state index is 12.1. The number of nitrogens with zero attached hydrogens (tertiary/aromatic N) is 1. The van der Waals surface area contributed by atoms with Crippen LogP contribution in [0.4, 0.5) is 0 Å². The average Bonchev–Trinajstić information content (AvgIpc) is 2.68. The maximum absolute atomic E-state index is 12.1. The highest BCUT2D eigenvalue weighted by Crippen LogP contribution is 2.34. The van der Waals surface area contributed by atoms with E-state index in [0.29, 0.717) is 26.7 Å². The molecule has 0 aliphatic rings. The Morgan fingerprint density at radius 1 is 1.21 bits per heavy atom. The van der Waals surface area contributed by atoms with Crippen LogP contribution in [0.2, 0.25) is 5.02 Å². The number of H-pyrrole nitrogens is 1. The van der Waals surface area contributed by atoms with Gasteiger partial charge in [-0.2, -0.15) is 11.8 Å². The van der Waals surface area contributed by atoms with Crippen LogP contribution in [0.25, 0.3) is 0 Å². The molecule has 1 aromatic heterocycles. The highest BCUT2D eigenvalue weighted by molar-refractivity contribution is 9.10. The normalized spacial score (nSPS) is 11.1. The maximum Gasteiger partial charge on any atom is 0.266 e. The highest BCUT2D eigenvalue weighted by atomic mass is 79.9. The number of nitrogens with one attached hydrogen (secondary N) is 1. The van der Waals surface area contributed by atoms with Gasteiger partial charge in [-0.05, 0) is 45.3 Å². The number of halogens is 2. The summed E-state index contributed by atoms with van der Waals surface area (Å²) in [4.78, 5) is 18.8. The molecule has 28 heavy (non-hydrogen) atoms. The molecular formula is C21H18BrClN2O2S. The van der Waals surface area contributed by atoms with Gasteiger partial charge in [0.25, 0.3) is 5.56 Å².